The van der Waals surface area contributed by atoms with Gasteiger partial charge < -0.3 is 15.4 Å². The van der Waals surface area contributed by atoms with E-state index in [0.29, 0.717) is 4.99 Å². The van der Waals surface area contributed by atoms with Crippen molar-refractivity contribution in [1.29, 1.82) is 0 Å². The second kappa shape index (κ2) is 6.68. The second-order valence-corrected chi connectivity index (χ2v) is 6.32. The van der Waals surface area contributed by atoms with Crippen LogP contribution in [0.25, 0.3) is 0 Å². The number of likely N-dealkylation sites (N-methyl/N-ethyl adjacent to an activating group) is 1. The van der Waals surface area contributed by atoms with Crippen LogP contribution in [0.5, 0.6) is 0 Å². The van der Waals surface area contributed by atoms with Crippen LogP contribution in [0.1, 0.15) is 18.4 Å². The van der Waals surface area contributed by atoms with Crippen LogP contribution in [0.15, 0.2) is 22.7 Å². The van der Waals surface area contributed by atoms with Gasteiger partial charge in [0.15, 0.2) is 0 Å². The van der Waals surface area contributed by atoms with Gasteiger partial charge in [-0.1, -0.05) is 28.1 Å². The zero-order chi connectivity index (χ0) is 13.8. The highest BCUT2D eigenvalue weighted by Crippen LogP contribution is 2.29. The molecule has 0 heterocycles. The lowest BCUT2D eigenvalue weighted by molar-refractivity contribution is 0.131. The molecule has 3 nitrogen and oxygen atoms in total. The summed E-state index contributed by atoms with van der Waals surface area (Å²) in [4.78, 5) is 2.56. The van der Waals surface area contributed by atoms with Crippen LogP contribution in [-0.2, 0) is 4.74 Å². The van der Waals surface area contributed by atoms with Crippen molar-refractivity contribution >= 4 is 38.8 Å². The van der Waals surface area contributed by atoms with Crippen molar-refractivity contribution in [1.82, 2.24) is 0 Å². The Bertz CT molecular complexity index is 463. The number of nitrogens with two attached hydrogens (primary N) is 1. The third-order valence-electron chi connectivity index (χ3n) is 3.26. The average Bonchev–Trinajstić information content (AvgIpc) is 3.18. The Balaban J connectivity index is 1.93. The van der Waals surface area contributed by atoms with E-state index in [0.717, 1.165) is 41.4 Å². The number of benzene rings is 1. The molecule has 1 aliphatic rings. The van der Waals surface area contributed by atoms with Crippen LogP contribution in [0, 0.1) is 5.92 Å². The summed E-state index contributed by atoms with van der Waals surface area (Å²) < 4.78 is 6.68. The summed E-state index contributed by atoms with van der Waals surface area (Å²) in [5.41, 5.74) is 7.71. The summed E-state index contributed by atoms with van der Waals surface area (Å²) in [5.74, 6) is 0.809. The van der Waals surface area contributed by atoms with E-state index in [-0.39, 0.29) is 0 Å². The molecule has 0 saturated heterocycles. The van der Waals surface area contributed by atoms with Gasteiger partial charge >= 0.3 is 0 Å². The Morgan fingerprint density at radius 2 is 2.26 bits per heavy atom. The van der Waals surface area contributed by atoms with Crippen LogP contribution in [0.4, 0.5) is 5.69 Å². The van der Waals surface area contributed by atoms with Crippen LogP contribution in [0.3, 0.4) is 0 Å². The first kappa shape index (κ1) is 14.8. The molecule has 19 heavy (non-hydrogen) atoms. The summed E-state index contributed by atoms with van der Waals surface area (Å²) in [7, 11) is 2.03. The fourth-order valence-electron chi connectivity index (χ4n) is 1.89. The molecule has 0 radical (unpaired) electrons. The predicted octanol–water partition coefficient (Wildman–Crippen LogP) is 2.95. The molecule has 0 unspecified atom stereocenters. The van der Waals surface area contributed by atoms with E-state index in [1.165, 1.54) is 12.8 Å². The van der Waals surface area contributed by atoms with Crippen molar-refractivity contribution in [2.75, 3.05) is 31.7 Å². The van der Waals surface area contributed by atoms with E-state index < -0.39 is 0 Å². The lowest BCUT2D eigenvalue weighted by Gasteiger charge is -2.22. The number of hydrogen-bond donors (Lipinski definition) is 1. The number of thiocarbonyl (C=S) groups is 1. The minimum atomic E-state index is 0.424. The number of rotatable bonds is 7. The first-order chi connectivity index (χ1) is 9.08. The topological polar surface area (TPSA) is 38.5 Å². The molecule has 2 rings (SSSR count). The van der Waals surface area contributed by atoms with Gasteiger partial charge in [-0.15, -0.1) is 0 Å². The molecular formula is C14H19BrN2OS. The maximum Gasteiger partial charge on any atom is 0.106 e. The molecule has 0 spiro atoms. The molecule has 5 heteroatoms. The van der Waals surface area contributed by atoms with E-state index in [9.17, 15) is 0 Å². The molecule has 0 atom stereocenters. The summed E-state index contributed by atoms with van der Waals surface area (Å²) >= 11 is 8.58. The Kier molecular flexibility index (Phi) is 5.19. The molecule has 1 aliphatic carbocycles. The highest BCUT2D eigenvalue weighted by Gasteiger charge is 2.21. The van der Waals surface area contributed by atoms with Gasteiger partial charge in [0.05, 0.1) is 6.61 Å². The van der Waals surface area contributed by atoms with Gasteiger partial charge in [0.1, 0.15) is 4.99 Å². The van der Waals surface area contributed by atoms with Crippen LogP contribution < -0.4 is 10.6 Å². The Labute approximate surface area is 128 Å². The van der Waals surface area contributed by atoms with E-state index in [1.807, 2.05) is 25.2 Å². The first-order valence-electron chi connectivity index (χ1n) is 6.46. The van der Waals surface area contributed by atoms with Gasteiger partial charge in [-0.2, -0.15) is 0 Å². The monoisotopic (exact) mass is 342 g/mol. The van der Waals surface area contributed by atoms with E-state index in [4.69, 9.17) is 22.7 Å². The first-order valence-corrected chi connectivity index (χ1v) is 7.66. The van der Waals surface area contributed by atoms with Crippen molar-refractivity contribution in [2.45, 2.75) is 12.8 Å². The normalized spacial score (nSPS) is 14.4. The third kappa shape index (κ3) is 4.44. The predicted molar refractivity (Wildman–Crippen MR) is 86.8 cm³/mol. The maximum absolute atomic E-state index is 5.76. The number of ether oxygens (including phenoxy) is 1. The zero-order valence-corrected chi connectivity index (χ0v) is 13.5. The molecule has 1 aromatic carbocycles. The zero-order valence-electron chi connectivity index (χ0n) is 11.1. The Hall–Kier alpha value is -0.650. The van der Waals surface area contributed by atoms with E-state index >= 15 is 0 Å². The number of halogens is 1. The van der Waals surface area contributed by atoms with Crippen molar-refractivity contribution in [2.24, 2.45) is 11.7 Å². The lowest BCUT2D eigenvalue weighted by Crippen LogP contribution is -2.26. The van der Waals surface area contributed by atoms with Gasteiger partial charge in [0, 0.05) is 35.9 Å². The molecule has 1 saturated carbocycles. The number of hydrogen-bond acceptors (Lipinski definition) is 3. The quantitative estimate of drug-likeness (QED) is 0.610. The minimum absolute atomic E-state index is 0.424. The van der Waals surface area contributed by atoms with Crippen molar-refractivity contribution in [3.05, 3.63) is 28.2 Å². The molecule has 0 aliphatic heterocycles. The summed E-state index contributed by atoms with van der Waals surface area (Å²) in [6.45, 7) is 2.46. The van der Waals surface area contributed by atoms with Crippen molar-refractivity contribution < 1.29 is 4.74 Å². The van der Waals surface area contributed by atoms with Crippen LogP contribution in [-0.4, -0.2) is 31.8 Å². The van der Waals surface area contributed by atoms with Gasteiger partial charge in [-0.25, -0.2) is 0 Å². The van der Waals surface area contributed by atoms with Crippen LogP contribution in [0.2, 0.25) is 0 Å². The molecule has 1 aromatic rings. The van der Waals surface area contributed by atoms with Gasteiger partial charge in [-0.05, 0) is 37.0 Å². The fraction of sp³-hybridized carbons (Fsp3) is 0.500. The SMILES string of the molecule is CN(CCOCC1CC1)c1cc(Br)ccc1C(N)=S. The minimum Gasteiger partial charge on any atom is -0.389 e. The lowest BCUT2D eigenvalue weighted by atomic mass is 10.1. The molecule has 2 N–H and O–H groups in total. The fourth-order valence-corrected chi connectivity index (χ4v) is 2.41. The molecule has 0 aromatic heterocycles. The molecular weight excluding hydrogens is 324 g/mol. The number of anilines is 1. The maximum atomic E-state index is 5.76. The van der Waals surface area contributed by atoms with Gasteiger partial charge in [0.25, 0.3) is 0 Å². The molecule has 0 amide bonds. The third-order valence-corrected chi connectivity index (χ3v) is 3.97. The summed E-state index contributed by atoms with van der Waals surface area (Å²) in [5, 5.41) is 0. The summed E-state index contributed by atoms with van der Waals surface area (Å²) in [6.07, 6.45) is 2.65. The van der Waals surface area contributed by atoms with Crippen LogP contribution >= 0.6 is 28.1 Å². The molecule has 0 bridgehead atoms. The summed E-state index contributed by atoms with van der Waals surface area (Å²) in [6, 6.07) is 5.94. The standard InChI is InChI=1S/C14H19BrN2OS/c1-17(6-7-18-9-10-2-3-10)13-8-11(15)4-5-12(13)14(16)19/h4-5,8,10H,2-3,6-7,9H2,1H3,(H2,16,19). The van der Waals surface area contributed by atoms with E-state index in [1.54, 1.807) is 0 Å². The molecule has 104 valence electrons. The van der Waals surface area contributed by atoms with Gasteiger partial charge in [0.2, 0.25) is 0 Å². The largest absolute Gasteiger partial charge is 0.389 e. The number of nitrogens with zero attached hydrogens (tertiary/aromatic N) is 1. The van der Waals surface area contributed by atoms with Crippen molar-refractivity contribution in [3.8, 4) is 0 Å². The highest BCUT2D eigenvalue weighted by molar-refractivity contribution is 9.10. The smallest absolute Gasteiger partial charge is 0.106 e. The Morgan fingerprint density at radius 3 is 2.89 bits per heavy atom. The van der Waals surface area contributed by atoms with E-state index in [2.05, 4.69) is 20.8 Å². The highest BCUT2D eigenvalue weighted by atomic mass is 79.9. The van der Waals surface area contributed by atoms with Gasteiger partial charge in [-0.3, -0.25) is 0 Å². The van der Waals surface area contributed by atoms with Crippen molar-refractivity contribution in [3.63, 3.8) is 0 Å². The average molecular weight is 343 g/mol. The Morgan fingerprint density at radius 1 is 1.53 bits per heavy atom. The second-order valence-electron chi connectivity index (χ2n) is 4.97. The molecule has 1 fully saturated rings.